The average Bonchev–Trinajstić information content (AvgIpc) is 3.48. The lowest BCUT2D eigenvalue weighted by Crippen LogP contribution is -2.17. The van der Waals surface area contributed by atoms with Gasteiger partial charge in [0.15, 0.2) is 0 Å². The molecule has 0 amide bonds. The highest BCUT2D eigenvalue weighted by molar-refractivity contribution is 7.68. The smallest absolute Gasteiger partial charge is 0.348 e. The molecule has 0 bridgehead atoms. The minimum absolute atomic E-state index is 0.0839. The molecule has 8 heteroatoms. The predicted octanol–water partition coefficient (Wildman–Crippen LogP) is 8.19. The monoisotopic (exact) mass is 533 g/mol. The van der Waals surface area contributed by atoms with Crippen molar-refractivity contribution in [3.63, 3.8) is 0 Å². The number of thiophene rings is 2. The van der Waals surface area contributed by atoms with Crippen molar-refractivity contribution < 1.29 is 19.0 Å². The third-order valence-electron chi connectivity index (χ3n) is 6.00. The Kier molecular flexibility index (Phi) is 6.58. The Morgan fingerprint density at radius 2 is 1.56 bits per heavy atom. The second-order valence-corrected chi connectivity index (χ2v) is 12.8. The van der Waals surface area contributed by atoms with Crippen LogP contribution in [0, 0.1) is 13.8 Å². The Hall–Kier alpha value is -3.22. The number of benzene rings is 3. The first-order chi connectivity index (χ1) is 17.3. The van der Waals surface area contributed by atoms with Gasteiger partial charge in [-0.05, 0) is 60.2 Å². The Labute approximate surface area is 217 Å². The maximum Gasteiger partial charge on any atom is 0.348 e. The molecule has 36 heavy (non-hydrogen) atoms. The molecule has 0 spiro atoms. The van der Waals surface area contributed by atoms with Crippen LogP contribution in [0.15, 0.2) is 78.9 Å². The standard InChI is InChI=1S/C28H24NO4PS2/c1-17-8-13-23(18(2)14-17)34(32,33-3)29-22-16-26(36-27(22)28(30)31)20-11-9-19(10-12-20)25-15-21-6-4-5-7-24(21)35-25/h4-16H,1-3H3,(H,29,32)(H,30,31). The zero-order chi connectivity index (χ0) is 25.4. The fourth-order valence-electron chi connectivity index (χ4n) is 4.20. The maximum absolute atomic E-state index is 13.8. The number of rotatable bonds is 7. The highest BCUT2D eigenvalue weighted by atomic mass is 32.1. The first-order valence-corrected chi connectivity index (χ1v) is 14.5. The SMILES string of the molecule is COP(=O)(Nc1cc(-c2ccc(-c3cc4ccccc4s3)cc2)sc1C(=O)O)c1ccc(C)cc1C. The van der Waals surface area contributed by atoms with Gasteiger partial charge in [-0.3, -0.25) is 4.57 Å². The van der Waals surface area contributed by atoms with E-state index in [0.717, 1.165) is 38.5 Å². The van der Waals surface area contributed by atoms with E-state index < -0.39 is 13.5 Å². The lowest BCUT2D eigenvalue weighted by Gasteiger charge is -2.20. The molecule has 0 radical (unpaired) electrons. The van der Waals surface area contributed by atoms with Crippen LogP contribution in [-0.2, 0) is 9.09 Å². The highest BCUT2D eigenvalue weighted by Crippen LogP contribution is 2.49. The zero-order valence-electron chi connectivity index (χ0n) is 19.9. The molecule has 2 N–H and O–H groups in total. The van der Waals surface area contributed by atoms with Crippen molar-refractivity contribution in [2.24, 2.45) is 0 Å². The lowest BCUT2D eigenvalue weighted by atomic mass is 10.1. The molecule has 0 aliphatic rings. The average molecular weight is 534 g/mol. The van der Waals surface area contributed by atoms with E-state index in [1.165, 1.54) is 22.1 Å². The molecule has 5 aromatic rings. The number of carboxylic acids is 1. The molecule has 5 nitrogen and oxygen atoms in total. The first kappa shape index (κ1) is 24.5. The van der Waals surface area contributed by atoms with Crippen LogP contribution >= 0.6 is 30.2 Å². The van der Waals surface area contributed by atoms with Crippen LogP contribution in [0.25, 0.3) is 31.0 Å². The van der Waals surface area contributed by atoms with Crippen molar-refractivity contribution in [1.29, 1.82) is 0 Å². The van der Waals surface area contributed by atoms with E-state index in [-0.39, 0.29) is 10.6 Å². The fourth-order valence-corrected chi connectivity index (χ4v) is 8.00. The second kappa shape index (κ2) is 9.68. The van der Waals surface area contributed by atoms with E-state index in [2.05, 4.69) is 23.3 Å². The van der Waals surface area contributed by atoms with Gasteiger partial charge in [-0.2, -0.15) is 0 Å². The van der Waals surface area contributed by atoms with Crippen LogP contribution in [0.5, 0.6) is 0 Å². The molecule has 2 aromatic heterocycles. The number of carboxylic acid groups (broad SMARTS) is 1. The van der Waals surface area contributed by atoms with Gasteiger partial charge in [0, 0.05) is 21.6 Å². The van der Waals surface area contributed by atoms with E-state index in [1.807, 2.05) is 62.4 Å². The largest absolute Gasteiger partial charge is 0.477 e. The molecule has 1 unspecified atom stereocenters. The summed E-state index contributed by atoms with van der Waals surface area (Å²) in [7, 11) is -2.18. The van der Waals surface area contributed by atoms with Crippen LogP contribution in [-0.4, -0.2) is 18.2 Å². The number of hydrogen-bond donors (Lipinski definition) is 2. The Morgan fingerprint density at radius 3 is 2.17 bits per heavy atom. The van der Waals surface area contributed by atoms with Gasteiger partial charge >= 0.3 is 13.5 Å². The molecule has 1 atom stereocenters. The highest BCUT2D eigenvalue weighted by Gasteiger charge is 2.30. The van der Waals surface area contributed by atoms with Crippen LogP contribution in [0.4, 0.5) is 5.69 Å². The van der Waals surface area contributed by atoms with Gasteiger partial charge in [0.05, 0.1) is 11.0 Å². The third kappa shape index (κ3) is 4.63. The summed E-state index contributed by atoms with van der Waals surface area (Å²) in [6.45, 7) is 3.83. The van der Waals surface area contributed by atoms with Crippen LogP contribution in [0.3, 0.4) is 0 Å². The van der Waals surface area contributed by atoms with Gasteiger partial charge in [0.2, 0.25) is 0 Å². The summed E-state index contributed by atoms with van der Waals surface area (Å²) in [6.07, 6.45) is 0. The number of anilines is 1. The van der Waals surface area contributed by atoms with Crippen molar-refractivity contribution in [1.82, 2.24) is 0 Å². The summed E-state index contributed by atoms with van der Waals surface area (Å²) in [4.78, 5) is 14.1. The topological polar surface area (TPSA) is 75.6 Å². The van der Waals surface area contributed by atoms with E-state index >= 15 is 0 Å². The maximum atomic E-state index is 13.8. The predicted molar refractivity (Wildman–Crippen MR) is 151 cm³/mol. The normalized spacial score (nSPS) is 13.0. The molecule has 182 valence electrons. The third-order valence-corrected chi connectivity index (χ3v) is 10.5. The minimum atomic E-state index is -3.54. The molecule has 0 aliphatic carbocycles. The summed E-state index contributed by atoms with van der Waals surface area (Å²) < 4.78 is 20.4. The summed E-state index contributed by atoms with van der Waals surface area (Å²) >= 11 is 2.88. The van der Waals surface area contributed by atoms with Gasteiger partial charge < -0.3 is 14.7 Å². The fraction of sp³-hybridized carbons (Fsp3) is 0.107. The van der Waals surface area contributed by atoms with Crippen LogP contribution in [0.1, 0.15) is 20.8 Å². The molecule has 0 saturated heterocycles. The quantitative estimate of drug-likeness (QED) is 0.206. The first-order valence-electron chi connectivity index (χ1n) is 11.3. The molecule has 2 heterocycles. The number of nitrogens with one attached hydrogen (secondary N) is 1. The number of aromatic carboxylic acids is 1. The van der Waals surface area contributed by atoms with Gasteiger partial charge in [-0.25, -0.2) is 4.79 Å². The number of carbonyl (C=O) groups is 1. The molecule has 0 saturated carbocycles. The van der Waals surface area contributed by atoms with Crippen molar-refractivity contribution in [3.8, 4) is 20.9 Å². The zero-order valence-corrected chi connectivity index (χ0v) is 22.5. The molecular weight excluding hydrogens is 509 g/mol. The number of fused-ring (bicyclic) bond motifs is 1. The van der Waals surface area contributed by atoms with E-state index in [0.29, 0.717) is 5.30 Å². The molecule has 5 rings (SSSR count). The Balaban J connectivity index is 1.48. The van der Waals surface area contributed by atoms with Crippen molar-refractivity contribution in [3.05, 3.63) is 94.9 Å². The van der Waals surface area contributed by atoms with Crippen LogP contribution in [0.2, 0.25) is 0 Å². The summed E-state index contributed by atoms with van der Waals surface area (Å²) in [5.41, 5.74) is 4.13. The summed E-state index contributed by atoms with van der Waals surface area (Å²) in [5, 5.41) is 14.5. The molecule has 0 aliphatic heterocycles. The number of aryl methyl sites for hydroxylation is 2. The van der Waals surface area contributed by atoms with Crippen LogP contribution < -0.4 is 10.4 Å². The molecular formula is C28H24NO4PS2. The van der Waals surface area contributed by atoms with Gasteiger partial charge in [-0.1, -0.05) is 60.2 Å². The lowest BCUT2D eigenvalue weighted by molar-refractivity contribution is 0.0703. The molecule has 3 aromatic carbocycles. The van der Waals surface area contributed by atoms with Crippen molar-refractivity contribution in [2.75, 3.05) is 12.2 Å². The van der Waals surface area contributed by atoms with Gasteiger partial charge in [-0.15, -0.1) is 22.7 Å². The summed E-state index contributed by atoms with van der Waals surface area (Å²) in [6, 6.07) is 25.8. The Morgan fingerprint density at radius 1 is 0.889 bits per heavy atom. The summed E-state index contributed by atoms with van der Waals surface area (Å²) in [5.74, 6) is -1.08. The minimum Gasteiger partial charge on any atom is -0.477 e. The van der Waals surface area contributed by atoms with E-state index in [9.17, 15) is 14.5 Å². The van der Waals surface area contributed by atoms with Gasteiger partial charge in [0.25, 0.3) is 0 Å². The van der Waals surface area contributed by atoms with Crippen molar-refractivity contribution in [2.45, 2.75) is 13.8 Å². The molecule has 0 fully saturated rings. The van der Waals surface area contributed by atoms with E-state index in [4.69, 9.17) is 4.52 Å². The van der Waals surface area contributed by atoms with Gasteiger partial charge in [0.1, 0.15) is 4.88 Å². The number of hydrogen-bond acceptors (Lipinski definition) is 5. The Bertz CT molecular complexity index is 1600. The second-order valence-electron chi connectivity index (χ2n) is 8.52. The van der Waals surface area contributed by atoms with Crippen molar-refractivity contribution >= 4 is 57.2 Å². The van der Waals surface area contributed by atoms with E-state index in [1.54, 1.807) is 23.5 Å².